The van der Waals surface area contributed by atoms with E-state index in [1.54, 1.807) is 0 Å². The molecule has 4 rings (SSSR count). The first-order chi connectivity index (χ1) is 12.3. The number of rotatable bonds is 7. The van der Waals surface area contributed by atoms with Crippen LogP contribution in [0.5, 0.6) is 0 Å². The SMILES string of the molecule is O=C(NCCCn1nccc1C1CC1)C1CNNC1c1ccccc1. The maximum atomic E-state index is 12.6. The summed E-state index contributed by atoms with van der Waals surface area (Å²) in [4.78, 5) is 12.6. The second-order valence-corrected chi connectivity index (χ2v) is 6.92. The molecule has 2 aromatic rings. The minimum atomic E-state index is -0.0888. The smallest absolute Gasteiger partial charge is 0.226 e. The maximum Gasteiger partial charge on any atom is 0.226 e. The molecule has 0 bridgehead atoms. The number of nitrogens with one attached hydrogen (secondary N) is 3. The van der Waals surface area contributed by atoms with E-state index >= 15 is 0 Å². The van der Waals surface area contributed by atoms with Gasteiger partial charge in [0.25, 0.3) is 0 Å². The first-order valence-electron chi connectivity index (χ1n) is 9.15. The number of aromatic nitrogens is 2. The summed E-state index contributed by atoms with van der Waals surface area (Å²) < 4.78 is 2.09. The molecule has 2 aliphatic rings. The largest absolute Gasteiger partial charge is 0.356 e. The van der Waals surface area contributed by atoms with Crippen LogP contribution in [0, 0.1) is 5.92 Å². The molecule has 0 radical (unpaired) electrons. The summed E-state index contributed by atoms with van der Waals surface area (Å²) in [7, 11) is 0. The van der Waals surface area contributed by atoms with Gasteiger partial charge in [0.15, 0.2) is 0 Å². The number of amides is 1. The zero-order valence-electron chi connectivity index (χ0n) is 14.3. The number of carbonyl (C=O) groups excluding carboxylic acids is 1. The number of hydrazine groups is 1. The second-order valence-electron chi connectivity index (χ2n) is 6.92. The minimum absolute atomic E-state index is 0.0220. The summed E-state index contributed by atoms with van der Waals surface area (Å²) in [5, 5.41) is 7.50. The summed E-state index contributed by atoms with van der Waals surface area (Å²) in [5.74, 6) is 0.725. The molecule has 25 heavy (non-hydrogen) atoms. The van der Waals surface area contributed by atoms with E-state index in [0.717, 1.165) is 18.5 Å². The number of hydrogen-bond acceptors (Lipinski definition) is 4. The van der Waals surface area contributed by atoms with Crippen molar-refractivity contribution in [1.29, 1.82) is 0 Å². The highest BCUT2D eigenvalue weighted by atomic mass is 16.2. The average Bonchev–Trinajstić information content (AvgIpc) is 3.19. The fraction of sp³-hybridized carbons (Fsp3) is 0.474. The first-order valence-corrected chi connectivity index (χ1v) is 9.15. The maximum absolute atomic E-state index is 12.6. The van der Waals surface area contributed by atoms with Crippen molar-refractivity contribution >= 4 is 5.91 Å². The third-order valence-electron chi connectivity index (χ3n) is 5.07. The number of nitrogens with zero attached hydrogens (tertiary/aromatic N) is 2. The van der Waals surface area contributed by atoms with Crippen LogP contribution in [-0.2, 0) is 11.3 Å². The fourth-order valence-electron chi connectivity index (χ4n) is 3.54. The molecular weight excluding hydrogens is 314 g/mol. The summed E-state index contributed by atoms with van der Waals surface area (Å²) in [6.07, 6.45) is 5.35. The van der Waals surface area contributed by atoms with Gasteiger partial charge < -0.3 is 5.32 Å². The van der Waals surface area contributed by atoms with E-state index in [4.69, 9.17) is 0 Å². The van der Waals surface area contributed by atoms with Crippen LogP contribution in [0.3, 0.4) is 0 Å². The predicted octanol–water partition coefficient (Wildman–Crippen LogP) is 1.73. The molecular formula is C19H25N5O. The molecule has 6 heteroatoms. The van der Waals surface area contributed by atoms with Crippen LogP contribution in [0.25, 0.3) is 0 Å². The van der Waals surface area contributed by atoms with Crippen LogP contribution in [0.2, 0.25) is 0 Å². The van der Waals surface area contributed by atoms with E-state index in [-0.39, 0.29) is 17.9 Å². The van der Waals surface area contributed by atoms with Crippen LogP contribution in [0.4, 0.5) is 0 Å². The van der Waals surface area contributed by atoms with Gasteiger partial charge in [0.1, 0.15) is 0 Å². The number of aryl methyl sites for hydroxylation is 1. The standard InChI is InChI=1S/C19H25N5O/c25-19(16-13-21-23-18(16)15-5-2-1-3-6-15)20-10-4-12-24-17(9-11-22-24)14-7-8-14/h1-3,5-6,9,11,14,16,18,21,23H,4,7-8,10,12-13H2,(H,20,25). The zero-order chi connectivity index (χ0) is 17.1. The number of carbonyl (C=O) groups is 1. The second kappa shape index (κ2) is 7.37. The van der Waals surface area contributed by atoms with Crippen LogP contribution in [0.15, 0.2) is 42.6 Å². The van der Waals surface area contributed by atoms with Crippen molar-refractivity contribution in [2.75, 3.05) is 13.1 Å². The summed E-state index contributed by atoms with van der Waals surface area (Å²) in [6, 6.07) is 12.3. The van der Waals surface area contributed by atoms with Gasteiger partial charge in [-0.2, -0.15) is 5.10 Å². The van der Waals surface area contributed by atoms with Crippen molar-refractivity contribution in [3.63, 3.8) is 0 Å². The molecule has 1 saturated carbocycles. The monoisotopic (exact) mass is 339 g/mol. The highest BCUT2D eigenvalue weighted by Gasteiger charge is 2.33. The van der Waals surface area contributed by atoms with E-state index in [9.17, 15) is 4.79 Å². The van der Waals surface area contributed by atoms with Gasteiger partial charge in [-0.1, -0.05) is 30.3 Å². The molecule has 132 valence electrons. The average molecular weight is 339 g/mol. The normalized spacial score (nSPS) is 22.9. The lowest BCUT2D eigenvalue weighted by atomic mass is 9.94. The van der Waals surface area contributed by atoms with Crippen LogP contribution in [-0.4, -0.2) is 28.8 Å². The Labute approximate surface area is 148 Å². The van der Waals surface area contributed by atoms with Crippen molar-refractivity contribution < 1.29 is 4.79 Å². The van der Waals surface area contributed by atoms with E-state index < -0.39 is 0 Å². The molecule has 0 spiro atoms. The Morgan fingerprint density at radius 3 is 2.88 bits per heavy atom. The van der Waals surface area contributed by atoms with Crippen LogP contribution in [0.1, 0.15) is 42.5 Å². The molecule has 1 aliphatic heterocycles. The predicted molar refractivity (Wildman–Crippen MR) is 95.6 cm³/mol. The van der Waals surface area contributed by atoms with Crippen molar-refractivity contribution in [2.45, 2.75) is 37.8 Å². The lowest BCUT2D eigenvalue weighted by Crippen LogP contribution is -2.35. The van der Waals surface area contributed by atoms with Gasteiger partial charge in [0.05, 0.1) is 12.0 Å². The van der Waals surface area contributed by atoms with Gasteiger partial charge in [-0.25, -0.2) is 5.43 Å². The van der Waals surface area contributed by atoms with Crippen molar-refractivity contribution in [1.82, 2.24) is 25.9 Å². The van der Waals surface area contributed by atoms with E-state index in [1.807, 2.05) is 24.4 Å². The molecule has 1 saturated heterocycles. The molecule has 2 fully saturated rings. The molecule has 1 aromatic heterocycles. The Balaban J connectivity index is 1.26. The zero-order valence-corrected chi connectivity index (χ0v) is 14.3. The summed E-state index contributed by atoms with van der Waals surface area (Å²) in [6.45, 7) is 2.19. The molecule has 2 atom stereocenters. The summed E-state index contributed by atoms with van der Waals surface area (Å²) >= 11 is 0. The Morgan fingerprint density at radius 2 is 2.08 bits per heavy atom. The molecule has 2 heterocycles. The van der Waals surface area contributed by atoms with Gasteiger partial charge in [-0.3, -0.25) is 14.9 Å². The summed E-state index contributed by atoms with van der Waals surface area (Å²) in [5.41, 5.74) is 8.82. The van der Waals surface area contributed by atoms with Crippen molar-refractivity contribution in [3.8, 4) is 0 Å². The molecule has 1 amide bonds. The fourth-order valence-corrected chi connectivity index (χ4v) is 3.54. The quantitative estimate of drug-likeness (QED) is 0.672. The van der Waals surface area contributed by atoms with Gasteiger partial charge in [-0.15, -0.1) is 0 Å². The van der Waals surface area contributed by atoms with Crippen LogP contribution < -0.4 is 16.2 Å². The third kappa shape index (κ3) is 3.75. The highest BCUT2D eigenvalue weighted by Crippen LogP contribution is 2.39. The molecule has 1 aliphatic carbocycles. The minimum Gasteiger partial charge on any atom is -0.356 e. The number of benzene rings is 1. The van der Waals surface area contributed by atoms with Gasteiger partial charge in [-0.05, 0) is 30.9 Å². The molecule has 6 nitrogen and oxygen atoms in total. The van der Waals surface area contributed by atoms with E-state index in [1.165, 1.54) is 18.5 Å². The molecule has 3 N–H and O–H groups in total. The van der Waals surface area contributed by atoms with Crippen LogP contribution >= 0.6 is 0 Å². The lowest BCUT2D eigenvalue weighted by Gasteiger charge is -2.18. The Morgan fingerprint density at radius 1 is 1.24 bits per heavy atom. The molecule has 2 unspecified atom stereocenters. The topological polar surface area (TPSA) is 71.0 Å². The van der Waals surface area contributed by atoms with Gasteiger partial charge in [0, 0.05) is 37.4 Å². The van der Waals surface area contributed by atoms with Crippen molar-refractivity contribution in [2.24, 2.45) is 5.92 Å². The number of hydrogen-bond donors (Lipinski definition) is 3. The highest BCUT2D eigenvalue weighted by molar-refractivity contribution is 5.80. The molecule has 1 aromatic carbocycles. The van der Waals surface area contributed by atoms with E-state index in [0.29, 0.717) is 19.0 Å². The Bertz CT molecular complexity index is 710. The van der Waals surface area contributed by atoms with Crippen molar-refractivity contribution in [3.05, 3.63) is 53.9 Å². The lowest BCUT2D eigenvalue weighted by molar-refractivity contribution is -0.124. The Hall–Kier alpha value is -2.18. The van der Waals surface area contributed by atoms with Gasteiger partial charge in [0.2, 0.25) is 5.91 Å². The first kappa shape index (κ1) is 16.3. The van der Waals surface area contributed by atoms with E-state index in [2.05, 4.69) is 44.1 Å². The van der Waals surface area contributed by atoms with Gasteiger partial charge >= 0.3 is 0 Å². The third-order valence-corrected chi connectivity index (χ3v) is 5.07. The Kier molecular flexibility index (Phi) is 4.81.